The summed E-state index contributed by atoms with van der Waals surface area (Å²) in [5.41, 5.74) is 0.969. The Morgan fingerprint density at radius 3 is 2.95 bits per heavy atom. The lowest BCUT2D eigenvalue weighted by atomic mass is 10.0. The molecule has 22 heavy (non-hydrogen) atoms. The normalized spacial score (nSPS) is 20.4. The van der Waals surface area contributed by atoms with Crippen LogP contribution in [0.1, 0.15) is 25.8 Å². The van der Waals surface area contributed by atoms with Crippen LogP contribution in [0, 0.1) is 5.92 Å². The van der Waals surface area contributed by atoms with Crippen LogP contribution >= 0.6 is 12.2 Å². The summed E-state index contributed by atoms with van der Waals surface area (Å²) in [5.74, 6) is -1.56. The maximum absolute atomic E-state index is 12.5. The number of hydrogen-bond donors (Lipinski definition) is 2. The molecule has 0 saturated carbocycles. The van der Waals surface area contributed by atoms with Gasteiger partial charge in [0.1, 0.15) is 0 Å². The van der Waals surface area contributed by atoms with Gasteiger partial charge in [0.25, 0.3) is 5.91 Å². The highest BCUT2D eigenvalue weighted by atomic mass is 32.1. The van der Waals surface area contributed by atoms with Crippen molar-refractivity contribution in [2.45, 2.75) is 32.9 Å². The van der Waals surface area contributed by atoms with Gasteiger partial charge in [-0.2, -0.15) is 0 Å². The van der Waals surface area contributed by atoms with E-state index >= 15 is 0 Å². The van der Waals surface area contributed by atoms with Crippen LogP contribution in [0.2, 0.25) is 0 Å². The number of amides is 2. The van der Waals surface area contributed by atoms with Crippen LogP contribution in [0.15, 0.2) is 24.5 Å². The minimum absolute atomic E-state index is 0.0465. The lowest BCUT2D eigenvalue weighted by molar-refractivity contribution is -0.471. The van der Waals surface area contributed by atoms with Gasteiger partial charge in [0.2, 0.25) is 5.91 Å². The molecule has 1 aromatic heterocycles. The van der Waals surface area contributed by atoms with E-state index in [2.05, 4.69) is 15.3 Å². The summed E-state index contributed by atoms with van der Waals surface area (Å²) in [5, 5.41) is 2.77. The van der Waals surface area contributed by atoms with Crippen molar-refractivity contribution in [3.05, 3.63) is 30.1 Å². The molecule has 116 valence electrons. The van der Waals surface area contributed by atoms with E-state index in [0.29, 0.717) is 6.54 Å². The van der Waals surface area contributed by atoms with Crippen molar-refractivity contribution in [1.82, 2.24) is 15.2 Å². The number of rotatable bonds is 5. The van der Waals surface area contributed by atoms with Crippen LogP contribution in [-0.4, -0.2) is 39.1 Å². The van der Waals surface area contributed by atoms with Crippen molar-refractivity contribution in [1.29, 1.82) is 0 Å². The van der Waals surface area contributed by atoms with E-state index in [4.69, 9.17) is 12.2 Å². The Morgan fingerprint density at radius 1 is 1.55 bits per heavy atom. The number of pyridine rings is 1. The molecule has 1 fully saturated rings. The molecule has 2 heterocycles. The predicted octanol–water partition coefficient (Wildman–Crippen LogP) is -0.609. The van der Waals surface area contributed by atoms with Gasteiger partial charge in [-0.15, -0.1) is 0 Å². The van der Waals surface area contributed by atoms with Gasteiger partial charge in [-0.1, -0.05) is 6.92 Å². The highest BCUT2D eigenvalue weighted by molar-refractivity contribution is 7.80. The molecule has 2 rings (SSSR count). The Balaban J connectivity index is 2.10. The molecule has 0 spiro atoms. The zero-order valence-corrected chi connectivity index (χ0v) is 13.4. The van der Waals surface area contributed by atoms with Crippen LogP contribution in [0.25, 0.3) is 0 Å². The fourth-order valence-corrected chi connectivity index (χ4v) is 2.52. The first-order valence-corrected chi connectivity index (χ1v) is 7.59. The number of hydrogen-bond acceptors (Lipinski definition) is 4. The first-order valence-electron chi connectivity index (χ1n) is 7.18. The highest BCUT2D eigenvalue weighted by Crippen LogP contribution is 2.13. The van der Waals surface area contributed by atoms with Gasteiger partial charge in [0.05, 0.1) is 0 Å². The van der Waals surface area contributed by atoms with Gasteiger partial charge in [0.15, 0.2) is 23.8 Å². The molecular formula is C15H19N4O2S+. The molecular weight excluding hydrogens is 300 g/mol. The number of thiocarbonyl (C=S) groups is 1. The minimum atomic E-state index is -0.877. The smallest absolute Gasteiger partial charge is 0.251 e. The molecule has 1 aliphatic heterocycles. The first kappa shape index (κ1) is 16.2. The van der Waals surface area contributed by atoms with Crippen molar-refractivity contribution in [2.24, 2.45) is 5.92 Å². The van der Waals surface area contributed by atoms with Crippen LogP contribution in [0.4, 0.5) is 0 Å². The molecule has 1 aliphatic rings. The number of carbonyl (C=O) groups is 2. The second-order valence-electron chi connectivity index (χ2n) is 5.15. The topological polar surface area (TPSA) is 76.3 Å². The van der Waals surface area contributed by atoms with E-state index in [1.165, 1.54) is 11.1 Å². The quantitative estimate of drug-likeness (QED) is 0.431. The lowest BCUT2D eigenvalue weighted by Gasteiger charge is -2.34. The highest BCUT2D eigenvalue weighted by Gasteiger charge is 2.40. The predicted molar refractivity (Wildman–Crippen MR) is 85.8 cm³/mol. The lowest BCUT2D eigenvalue weighted by Crippen LogP contribution is -2.71. The van der Waals surface area contributed by atoms with Crippen molar-refractivity contribution in [2.75, 3.05) is 0 Å². The second kappa shape index (κ2) is 7.22. The van der Waals surface area contributed by atoms with Crippen molar-refractivity contribution in [3.8, 4) is 0 Å². The van der Waals surface area contributed by atoms with Crippen molar-refractivity contribution in [3.63, 3.8) is 0 Å². The van der Waals surface area contributed by atoms with Crippen LogP contribution in [0.5, 0.6) is 0 Å². The monoisotopic (exact) mass is 319 g/mol. The Morgan fingerprint density at radius 2 is 2.32 bits per heavy atom. The summed E-state index contributed by atoms with van der Waals surface area (Å²) >= 11 is 5.10. The Hall–Kier alpha value is -2.15. The summed E-state index contributed by atoms with van der Waals surface area (Å²) in [4.78, 5) is 33.0. The van der Waals surface area contributed by atoms with Crippen molar-refractivity contribution >= 4 is 35.4 Å². The number of nitrogens with zero attached hydrogens (tertiary/aromatic N) is 2. The number of carbonyl (C=O) groups excluding carboxylic acids is 2. The maximum atomic E-state index is 12.5. The molecule has 0 radical (unpaired) electrons. The summed E-state index contributed by atoms with van der Waals surface area (Å²) in [6.45, 7) is 4.37. The molecule has 6 nitrogen and oxygen atoms in total. The van der Waals surface area contributed by atoms with Gasteiger partial charge in [-0.3, -0.25) is 19.5 Å². The molecule has 1 saturated heterocycles. The third-order valence-electron chi connectivity index (χ3n) is 3.58. The minimum Gasteiger partial charge on any atom is -0.301 e. The van der Waals surface area contributed by atoms with Gasteiger partial charge < -0.3 is 5.32 Å². The van der Waals surface area contributed by atoms with E-state index in [9.17, 15) is 9.59 Å². The van der Waals surface area contributed by atoms with E-state index in [0.717, 1.165) is 12.0 Å². The molecule has 1 aromatic rings. The summed E-state index contributed by atoms with van der Waals surface area (Å²) in [6, 6.07) is 3.70. The van der Waals surface area contributed by atoms with Gasteiger partial charge in [-0.05, 0) is 37.7 Å². The maximum Gasteiger partial charge on any atom is 0.251 e. The molecule has 7 heteroatoms. The number of nitrogens with one attached hydrogen (secondary N) is 2. The fraction of sp³-hybridized carbons (Fsp3) is 0.400. The standard InChI is InChI=1S/C15H18N4O2S/c1-3-10(2)19-14(21)12(13(20)18-15(19)22)9-17-8-11-5-4-6-16-7-11/h4-7,9-10,12H,3,8H2,1-2H3,(H,18,20,22)/p+1/t10-,12+/m1/s1. The third kappa shape index (κ3) is 3.54. The summed E-state index contributed by atoms with van der Waals surface area (Å²) in [7, 11) is 0. The van der Waals surface area contributed by atoms with Gasteiger partial charge in [0, 0.05) is 24.0 Å². The van der Waals surface area contributed by atoms with E-state index in [-0.39, 0.29) is 17.1 Å². The summed E-state index contributed by atoms with van der Waals surface area (Å²) < 4.78 is 0. The van der Waals surface area contributed by atoms with Crippen LogP contribution < -0.4 is 10.3 Å². The molecule has 2 amide bonds. The van der Waals surface area contributed by atoms with Gasteiger partial charge >= 0.3 is 0 Å². The van der Waals surface area contributed by atoms with E-state index < -0.39 is 11.8 Å². The molecule has 0 unspecified atom stereocenters. The zero-order chi connectivity index (χ0) is 16.1. The molecule has 2 atom stereocenters. The largest absolute Gasteiger partial charge is 0.301 e. The molecule has 0 bridgehead atoms. The van der Waals surface area contributed by atoms with Crippen molar-refractivity contribution < 1.29 is 14.6 Å². The average Bonchev–Trinajstić information content (AvgIpc) is 2.51. The Kier molecular flexibility index (Phi) is 5.32. The zero-order valence-electron chi connectivity index (χ0n) is 12.6. The second-order valence-corrected chi connectivity index (χ2v) is 5.53. The molecule has 2 N–H and O–H groups in total. The Labute approximate surface area is 134 Å². The third-order valence-corrected chi connectivity index (χ3v) is 3.88. The fourth-order valence-electron chi connectivity index (χ4n) is 2.15. The molecule has 0 aliphatic carbocycles. The number of aromatic nitrogens is 1. The SMILES string of the molecule is CC[C@@H](C)N1C(=O)[C@@H](C=[NH+]Cc2cccnc2)C(=O)NC1=S. The van der Waals surface area contributed by atoms with Crippen LogP contribution in [0.3, 0.4) is 0 Å². The Bertz CT molecular complexity index is 603. The average molecular weight is 319 g/mol. The molecule has 0 aromatic carbocycles. The van der Waals surface area contributed by atoms with E-state index in [1.54, 1.807) is 12.4 Å². The summed E-state index contributed by atoms with van der Waals surface area (Å²) in [6.07, 6.45) is 5.69. The first-order chi connectivity index (χ1) is 10.5. The van der Waals surface area contributed by atoms with Crippen LogP contribution in [-0.2, 0) is 16.1 Å². The van der Waals surface area contributed by atoms with E-state index in [1.807, 2.05) is 26.0 Å². The van der Waals surface area contributed by atoms with Gasteiger partial charge in [-0.25, -0.2) is 4.99 Å².